The lowest BCUT2D eigenvalue weighted by Crippen LogP contribution is -2.42. The average Bonchev–Trinajstić information content (AvgIpc) is 3.79. The van der Waals surface area contributed by atoms with Crippen molar-refractivity contribution >= 4 is 17.8 Å². The van der Waals surface area contributed by atoms with Gasteiger partial charge in [0.05, 0.1) is 19.8 Å². The zero-order valence-electron chi connectivity index (χ0n) is 29.2. The van der Waals surface area contributed by atoms with E-state index in [4.69, 9.17) is 18.6 Å². The van der Waals surface area contributed by atoms with E-state index in [-0.39, 0.29) is 32.0 Å². The van der Waals surface area contributed by atoms with Crippen LogP contribution in [0.2, 0.25) is 0 Å². The number of furan rings is 1. The molecule has 9 nitrogen and oxygen atoms in total. The second-order valence-corrected chi connectivity index (χ2v) is 12.9. The van der Waals surface area contributed by atoms with Crippen LogP contribution in [0.25, 0.3) is 11.1 Å². The Hall–Kier alpha value is -5.35. The van der Waals surface area contributed by atoms with E-state index in [1.54, 1.807) is 6.07 Å². The Morgan fingerprint density at radius 1 is 0.885 bits per heavy atom. The highest BCUT2D eigenvalue weighted by Gasteiger charge is 2.44. The molecule has 1 aliphatic rings. The number of aliphatic hydroxyl groups is 1. The highest BCUT2D eigenvalue weighted by atomic mass is 16.6. The SMILES string of the molecule is Cc1cccc(-c2cc(C(=O)[C@H](Cc3ccccc3)C(=O)N3C(=O)OC[C@H]3c3ccccc3)oc2CCCOC[C@@H](CO)OCc2ccccc2)c1. The van der Waals surface area contributed by atoms with Gasteiger partial charge in [-0.05, 0) is 48.1 Å². The molecule has 0 saturated carbocycles. The molecule has 0 unspecified atom stereocenters. The lowest BCUT2D eigenvalue weighted by atomic mass is 9.91. The largest absolute Gasteiger partial charge is 0.457 e. The summed E-state index contributed by atoms with van der Waals surface area (Å²) in [5.74, 6) is -1.76. The van der Waals surface area contributed by atoms with Crippen LogP contribution in [-0.2, 0) is 38.5 Å². The molecule has 0 aliphatic carbocycles. The number of carbonyl (C=O) groups excluding carboxylic acids is 3. The monoisotopic (exact) mass is 701 g/mol. The van der Waals surface area contributed by atoms with Gasteiger partial charge < -0.3 is 23.7 Å². The van der Waals surface area contributed by atoms with E-state index in [0.717, 1.165) is 38.3 Å². The van der Waals surface area contributed by atoms with E-state index >= 15 is 0 Å². The van der Waals surface area contributed by atoms with Crippen LogP contribution in [0.4, 0.5) is 4.79 Å². The number of ether oxygens (including phenoxy) is 3. The minimum Gasteiger partial charge on any atom is -0.457 e. The normalized spacial score (nSPS) is 15.3. The number of hydrogen-bond donors (Lipinski definition) is 1. The Balaban J connectivity index is 1.21. The molecular formula is C43H43NO8. The Morgan fingerprint density at radius 3 is 2.27 bits per heavy atom. The molecule has 1 fully saturated rings. The quantitative estimate of drug-likeness (QED) is 0.0601. The van der Waals surface area contributed by atoms with Crippen LogP contribution in [0.15, 0.2) is 126 Å². The molecular weight excluding hydrogens is 658 g/mol. The zero-order chi connectivity index (χ0) is 36.3. The van der Waals surface area contributed by atoms with Gasteiger partial charge in [-0.3, -0.25) is 9.59 Å². The Kier molecular flexibility index (Phi) is 12.4. The number of aliphatic hydroxyl groups excluding tert-OH is 1. The number of cyclic esters (lactones) is 1. The Morgan fingerprint density at radius 2 is 1.58 bits per heavy atom. The fraction of sp³-hybridized carbons (Fsp3) is 0.279. The third-order valence-electron chi connectivity index (χ3n) is 9.10. The molecule has 0 bridgehead atoms. The molecule has 52 heavy (non-hydrogen) atoms. The molecule has 1 N–H and O–H groups in total. The molecule has 0 spiro atoms. The maximum atomic E-state index is 14.5. The second-order valence-electron chi connectivity index (χ2n) is 12.9. The average molecular weight is 702 g/mol. The van der Waals surface area contributed by atoms with Crippen molar-refractivity contribution in [1.82, 2.24) is 4.90 Å². The first-order valence-electron chi connectivity index (χ1n) is 17.6. The number of Topliss-reactive ketones (excluding diaryl/α,β-unsaturated/α-hetero) is 1. The van der Waals surface area contributed by atoms with Crippen molar-refractivity contribution in [3.05, 3.63) is 155 Å². The minimum absolute atomic E-state index is 0.00349. The number of aryl methyl sites for hydroxylation is 2. The lowest BCUT2D eigenvalue weighted by Gasteiger charge is -2.24. The number of nitrogens with zero attached hydrogens (tertiary/aromatic N) is 1. The van der Waals surface area contributed by atoms with Crippen LogP contribution < -0.4 is 0 Å². The van der Waals surface area contributed by atoms with E-state index in [1.165, 1.54) is 0 Å². The summed E-state index contributed by atoms with van der Waals surface area (Å²) in [7, 11) is 0. The fourth-order valence-electron chi connectivity index (χ4n) is 6.35. The topological polar surface area (TPSA) is 116 Å². The van der Waals surface area contributed by atoms with E-state index < -0.39 is 35.8 Å². The van der Waals surface area contributed by atoms with Crippen LogP contribution in [0.1, 0.15) is 51.0 Å². The highest BCUT2D eigenvalue weighted by molar-refractivity contribution is 6.12. The van der Waals surface area contributed by atoms with Crippen molar-refractivity contribution in [3.63, 3.8) is 0 Å². The van der Waals surface area contributed by atoms with Gasteiger partial charge >= 0.3 is 6.09 Å². The zero-order valence-corrected chi connectivity index (χ0v) is 29.2. The van der Waals surface area contributed by atoms with Gasteiger partial charge in [-0.15, -0.1) is 0 Å². The van der Waals surface area contributed by atoms with Crippen LogP contribution in [-0.4, -0.2) is 60.3 Å². The van der Waals surface area contributed by atoms with E-state index in [2.05, 4.69) is 0 Å². The minimum atomic E-state index is -1.24. The van der Waals surface area contributed by atoms with Gasteiger partial charge in [0.2, 0.25) is 11.7 Å². The Labute approximate surface area is 303 Å². The van der Waals surface area contributed by atoms with Crippen LogP contribution >= 0.6 is 0 Å². The summed E-state index contributed by atoms with van der Waals surface area (Å²) >= 11 is 0. The molecule has 5 aromatic rings. The number of benzene rings is 4. The highest BCUT2D eigenvalue weighted by Crippen LogP contribution is 2.34. The van der Waals surface area contributed by atoms with Gasteiger partial charge in [-0.25, -0.2) is 9.69 Å². The number of ketones is 1. The van der Waals surface area contributed by atoms with Crippen molar-refractivity contribution in [3.8, 4) is 11.1 Å². The third-order valence-corrected chi connectivity index (χ3v) is 9.10. The molecule has 3 atom stereocenters. The summed E-state index contributed by atoms with van der Waals surface area (Å²) in [6, 6.07) is 37.2. The third kappa shape index (κ3) is 9.11. The van der Waals surface area contributed by atoms with Crippen molar-refractivity contribution < 1.29 is 38.1 Å². The molecule has 9 heteroatoms. The van der Waals surface area contributed by atoms with E-state index in [0.29, 0.717) is 31.8 Å². The number of amides is 2. The molecule has 1 saturated heterocycles. The van der Waals surface area contributed by atoms with Crippen molar-refractivity contribution in [2.45, 2.75) is 44.9 Å². The summed E-state index contributed by atoms with van der Waals surface area (Å²) in [5, 5.41) is 9.81. The smallest absolute Gasteiger partial charge is 0.417 e. The molecule has 0 radical (unpaired) electrons. The van der Waals surface area contributed by atoms with E-state index in [9.17, 15) is 19.5 Å². The van der Waals surface area contributed by atoms with Gasteiger partial charge in [-0.1, -0.05) is 121 Å². The van der Waals surface area contributed by atoms with Gasteiger partial charge in [0.15, 0.2) is 5.76 Å². The number of carbonyl (C=O) groups is 3. The predicted octanol–water partition coefficient (Wildman–Crippen LogP) is 7.54. The van der Waals surface area contributed by atoms with Crippen LogP contribution in [0.5, 0.6) is 0 Å². The van der Waals surface area contributed by atoms with Crippen molar-refractivity contribution in [2.75, 3.05) is 26.4 Å². The standard InChI is InChI=1S/C43H43NO8/c1-30-13-11-20-34(23-30)36-25-40(52-39(36)21-12-22-49-28-35(26-45)50-27-32-16-7-3-8-17-32)41(46)37(24-31-14-5-2-6-15-31)42(47)44-38(29-51-43(44)48)33-18-9-4-10-19-33/h2-11,13-20,23,25,35,37-38,45H,12,21-22,24,26-29H2,1H3/t35-,37+,38+/m1/s1. The molecule has 268 valence electrons. The summed E-state index contributed by atoms with van der Waals surface area (Å²) in [4.78, 5) is 42.9. The first-order chi connectivity index (χ1) is 25.4. The van der Waals surface area contributed by atoms with Crippen molar-refractivity contribution in [1.29, 1.82) is 0 Å². The molecule has 2 amide bonds. The summed E-state index contributed by atoms with van der Waals surface area (Å²) in [5.41, 5.74) is 5.20. The number of hydrogen-bond acceptors (Lipinski definition) is 8. The molecule has 4 aromatic carbocycles. The molecule has 1 aromatic heterocycles. The maximum Gasteiger partial charge on any atom is 0.417 e. The van der Waals surface area contributed by atoms with Crippen LogP contribution in [0, 0.1) is 12.8 Å². The van der Waals surface area contributed by atoms with E-state index in [1.807, 2.05) is 122 Å². The van der Waals surface area contributed by atoms with Gasteiger partial charge in [0.25, 0.3) is 0 Å². The van der Waals surface area contributed by atoms with Crippen molar-refractivity contribution in [2.24, 2.45) is 5.92 Å². The summed E-state index contributed by atoms with van der Waals surface area (Å²) < 4.78 is 23.4. The number of rotatable bonds is 17. The molecule has 6 rings (SSSR count). The van der Waals surface area contributed by atoms with Gasteiger partial charge in [-0.2, -0.15) is 0 Å². The first kappa shape index (κ1) is 36.4. The fourth-order valence-corrected chi connectivity index (χ4v) is 6.35. The summed E-state index contributed by atoms with van der Waals surface area (Å²) in [6.45, 7) is 2.80. The van der Waals surface area contributed by atoms with Gasteiger partial charge in [0.1, 0.15) is 30.4 Å². The first-order valence-corrected chi connectivity index (χ1v) is 17.6. The maximum absolute atomic E-state index is 14.5. The second kappa shape index (κ2) is 17.7. The number of imide groups is 1. The summed E-state index contributed by atoms with van der Waals surface area (Å²) in [6.07, 6.45) is -0.145. The predicted molar refractivity (Wildman–Crippen MR) is 195 cm³/mol. The van der Waals surface area contributed by atoms with Crippen LogP contribution in [0.3, 0.4) is 0 Å². The molecule has 2 heterocycles. The Bertz CT molecular complexity index is 1920. The molecule has 1 aliphatic heterocycles. The lowest BCUT2D eigenvalue weighted by molar-refractivity contribution is -0.132. The van der Waals surface area contributed by atoms with Gasteiger partial charge in [0, 0.05) is 18.6 Å².